The predicted molar refractivity (Wildman–Crippen MR) is 135 cm³/mol. The molecule has 0 radical (unpaired) electrons. The smallest absolute Gasteiger partial charge is 0.306 e. The number of aliphatic hydroxyl groups excluding tert-OH is 1. The van der Waals surface area contributed by atoms with Gasteiger partial charge in [0, 0.05) is 12.8 Å². The van der Waals surface area contributed by atoms with E-state index in [-0.39, 0.29) is 22.9 Å². The molecule has 0 spiro atoms. The van der Waals surface area contributed by atoms with Crippen LogP contribution in [0.15, 0.2) is 0 Å². The lowest BCUT2D eigenvalue weighted by Crippen LogP contribution is -2.58. The molecule has 0 aromatic heterocycles. The molecule has 4 fully saturated rings. The fourth-order valence-electron chi connectivity index (χ4n) is 9.63. The number of aliphatic carboxylic acids is 1. The first-order valence-electron chi connectivity index (χ1n) is 14.5. The molecule has 4 nitrogen and oxygen atoms in total. The second-order valence-electron chi connectivity index (χ2n) is 13.3. The zero-order valence-corrected chi connectivity index (χ0v) is 22.2. The monoisotopic (exact) mass is 474 g/mol. The van der Waals surface area contributed by atoms with Crippen LogP contribution >= 0.6 is 0 Å². The van der Waals surface area contributed by atoms with Gasteiger partial charge in [-0.25, -0.2) is 0 Å². The summed E-state index contributed by atoms with van der Waals surface area (Å²) >= 11 is 0. The van der Waals surface area contributed by atoms with E-state index in [1.807, 2.05) is 6.92 Å². The van der Waals surface area contributed by atoms with Crippen molar-refractivity contribution in [2.45, 2.75) is 124 Å². The Kier molecular flexibility index (Phi) is 7.87. The Morgan fingerprint density at radius 2 is 1.76 bits per heavy atom. The molecule has 4 unspecified atom stereocenters. The Morgan fingerprint density at radius 1 is 1.00 bits per heavy atom. The summed E-state index contributed by atoms with van der Waals surface area (Å²) in [7, 11) is 0. The minimum Gasteiger partial charge on any atom is -0.481 e. The molecule has 0 amide bonds. The Morgan fingerprint density at radius 3 is 2.47 bits per heavy atom. The van der Waals surface area contributed by atoms with Gasteiger partial charge in [0.2, 0.25) is 0 Å². The number of carbonyl (C=O) groups is 2. The first-order valence-corrected chi connectivity index (χ1v) is 14.5. The number of Topliss-reactive ketones (excluding diaryl/α,β-unsaturated/α-hetero) is 1. The van der Waals surface area contributed by atoms with Crippen molar-refractivity contribution in [3.63, 3.8) is 0 Å². The Balaban J connectivity index is 1.63. The highest BCUT2D eigenvalue weighted by Crippen LogP contribution is 2.68. The lowest BCUT2D eigenvalue weighted by molar-refractivity contribution is -0.165. The molecule has 0 saturated heterocycles. The summed E-state index contributed by atoms with van der Waals surface area (Å²) in [6.07, 6.45) is 14.5. The van der Waals surface area contributed by atoms with Crippen LogP contribution < -0.4 is 0 Å². The summed E-state index contributed by atoms with van der Waals surface area (Å²) in [5.74, 6) is 2.73. The Hall–Kier alpha value is -0.900. The van der Waals surface area contributed by atoms with Crippen molar-refractivity contribution in [3.05, 3.63) is 0 Å². The molecule has 0 heterocycles. The first-order chi connectivity index (χ1) is 16.1. The van der Waals surface area contributed by atoms with Crippen LogP contribution in [-0.2, 0) is 9.59 Å². The van der Waals surface area contributed by atoms with E-state index in [1.54, 1.807) is 0 Å². The van der Waals surface area contributed by atoms with Crippen molar-refractivity contribution < 1.29 is 19.8 Å². The minimum atomic E-state index is -0.694. The van der Waals surface area contributed by atoms with Gasteiger partial charge < -0.3 is 10.2 Å². The molecule has 4 aliphatic carbocycles. The molecular formula is C30H50O4. The molecule has 194 valence electrons. The largest absolute Gasteiger partial charge is 0.481 e. The zero-order chi connectivity index (χ0) is 24.7. The van der Waals surface area contributed by atoms with Gasteiger partial charge in [-0.15, -0.1) is 0 Å². The third-order valence-electron chi connectivity index (χ3n) is 11.8. The molecule has 0 aliphatic heterocycles. The maximum absolute atomic E-state index is 13.1. The highest BCUT2D eigenvalue weighted by molar-refractivity contribution is 5.80. The lowest BCUT2D eigenvalue weighted by Gasteiger charge is -2.63. The maximum atomic E-state index is 13.1. The van der Waals surface area contributed by atoms with Gasteiger partial charge in [0.1, 0.15) is 5.78 Å². The van der Waals surface area contributed by atoms with E-state index in [9.17, 15) is 19.8 Å². The topological polar surface area (TPSA) is 74.6 Å². The molecule has 0 aromatic carbocycles. The van der Waals surface area contributed by atoms with Crippen LogP contribution in [0, 0.1) is 52.3 Å². The third kappa shape index (κ3) is 4.50. The van der Waals surface area contributed by atoms with Crippen LogP contribution in [-0.4, -0.2) is 28.1 Å². The normalized spacial score (nSPS) is 43.5. The quantitative estimate of drug-likeness (QED) is 0.357. The van der Waals surface area contributed by atoms with Crippen molar-refractivity contribution in [3.8, 4) is 0 Å². The van der Waals surface area contributed by atoms with Crippen LogP contribution in [0.4, 0.5) is 0 Å². The molecule has 4 aliphatic rings. The average Bonchev–Trinajstić information content (AvgIpc) is 3.10. The number of aliphatic hydroxyl groups is 1. The van der Waals surface area contributed by atoms with E-state index >= 15 is 0 Å². The Bertz CT molecular complexity index is 748. The molecule has 10 atom stereocenters. The van der Waals surface area contributed by atoms with Crippen LogP contribution in [0.1, 0.15) is 118 Å². The zero-order valence-electron chi connectivity index (χ0n) is 22.2. The summed E-state index contributed by atoms with van der Waals surface area (Å²) in [6.45, 7) is 8.98. The van der Waals surface area contributed by atoms with Gasteiger partial charge in [-0.1, -0.05) is 53.4 Å². The number of carbonyl (C=O) groups excluding carboxylic acids is 1. The van der Waals surface area contributed by atoms with Crippen molar-refractivity contribution in [2.75, 3.05) is 0 Å². The van der Waals surface area contributed by atoms with Crippen molar-refractivity contribution >= 4 is 11.8 Å². The van der Waals surface area contributed by atoms with Gasteiger partial charge in [-0.3, -0.25) is 9.59 Å². The molecular weight excluding hydrogens is 424 g/mol. The van der Waals surface area contributed by atoms with E-state index in [0.717, 1.165) is 44.9 Å². The van der Waals surface area contributed by atoms with E-state index in [2.05, 4.69) is 20.8 Å². The fraction of sp³-hybridized carbons (Fsp3) is 0.933. The molecule has 0 bridgehead atoms. The highest BCUT2D eigenvalue weighted by Gasteiger charge is 2.62. The van der Waals surface area contributed by atoms with Gasteiger partial charge in [0.15, 0.2) is 0 Å². The molecule has 2 N–H and O–H groups in total. The molecule has 4 heteroatoms. The standard InChI is InChI=1S/C30H50O4/c1-5-6-7-8-20(10-9-19(2)28(33)34)26-18-22(31)17-21-11-12-23-24-13-14-27(32)29(24,3)16-15-25(23)30(21,26)4/h19-21,23-27,32H,5-18H2,1-4H3,(H,33,34)/t19?,20?,21?,23-,24-,25-,26?,27-,29-,30-/m0/s1. The van der Waals surface area contributed by atoms with Gasteiger partial charge in [-0.05, 0) is 97.7 Å². The summed E-state index contributed by atoms with van der Waals surface area (Å²) in [6, 6.07) is 0. The van der Waals surface area contributed by atoms with Crippen LogP contribution in [0.3, 0.4) is 0 Å². The van der Waals surface area contributed by atoms with Crippen molar-refractivity contribution in [2.24, 2.45) is 52.3 Å². The molecule has 4 saturated carbocycles. The van der Waals surface area contributed by atoms with Crippen LogP contribution in [0.25, 0.3) is 0 Å². The van der Waals surface area contributed by atoms with Crippen LogP contribution in [0.2, 0.25) is 0 Å². The Labute approximate surface area is 207 Å². The van der Waals surface area contributed by atoms with Gasteiger partial charge in [-0.2, -0.15) is 0 Å². The van der Waals surface area contributed by atoms with E-state index in [1.165, 1.54) is 38.5 Å². The SMILES string of the molecule is CCCCCC(CCC(C)C(=O)O)C1CC(=O)CC2CC[C@@H]3[C@H](CC[C@]4(C)[C@@H](O)CC[C@@H]34)[C@]21C. The molecule has 0 aromatic rings. The third-order valence-corrected chi connectivity index (χ3v) is 11.8. The summed E-state index contributed by atoms with van der Waals surface area (Å²) in [4.78, 5) is 24.6. The van der Waals surface area contributed by atoms with E-state index in [4.69, 9.17) is 0 Å². The number of hydrogen-bond acceptors (Lipinski definition) is 3. The van der Waals surface area contributed by atoms with Gasteiger partial charge in [0.05, 0.1) is 12.0 Å². The van der Waals surface area contributed by atoms with Gasteiger partial charge >= 0.3 is 5.97 Å². The van der Waals surface area contributed by atoms with Crippen LogP contribution in [0.5, 0.6) is 0 Å². The summed E-state index contributed by atoms with van der Waals surface area (Å²) in [5.41, 5.74) is 0.261. The number of carboxylic acid groups (broad SMARTS) is 1. The van der Waals surface area contributed by atoms with Gasteiger partial charge in [0.25, 0.3) is 0 Å². The number of rotatable bonds is 9. The number of hydrogen-bond donors (Lipinski definition) is 2. The van der Waals surface area contributed by atoms with Crippen molar-refractivity contribution in [1.82, 2.24) is 0 Å². The molecule has 4 rings (SSSR count). The van der Waals surface area contributed by atoms with E-state index < -0.39 is 5.97 Å². The number of carboxylic acids is 1. The molecule has 34 heavy (non-hydrogen) atoms. The highest BCUT2D eigenvalue weighted by atomic mass is 16.4. The summed E-state index contributed by atoms with van der Waals surface area (Å²) < 4.78 is 0. The van der Waals surface area contributed by atoms with E-state index in [0.29, 0.717) is 47.7 Å². The number of ketones is 1. The first kappa shape index (κ1) is 26.2. The lowest BCUT2D eigenvalue weighted by atomic mass is 9.41. The fourth-order valence-corrected chi connectivity index (χ4v) is 9.63. The second kappa shape index (κ2) is 10.2. The second-order valence-corrected chi connectivity index (χ2v) is 13.3. The maximum Gasteiger partial charge on any atom is 0.306 e. The number of unbranched alkanes of at least 4 members (excludes halogenated alkanes) is 2. The summed E-state index contributed by atoms with van der Waals surface area (Å²) in [5, 5.41) is 20.4. The predicted octanol–water partition coefficient (Wildman–Crippen LogP) is 6.88. The minimum absolute atomic E-state index is 0.0851. The van der Waals surface area contributed by atoms with Crippen molar-refractivity contribution in [1.29, 1.82) is 0 Å². The average molecular weight is 475 g/mol. The number of fused-ring (bicyclic) bond motifs is 5.